The maximum absolute atomic E-state index is 13.5. The first kappa shape index (κ1) is 13.2. The first-order valence-corrected chi connectivity index (χ1v) is 7.01. The predicted molar refractivity (Wildman–Crippen MR) is 77.8 cm³/mol. The van der Waals surface area contributed by atoms with Gasteiger partial charge in [0.25, 0.3) is 0 Å². The van der Waals surface area contributed by atoms with E-state index in [0.717, 1.165) is 22.6 Å². The van der Waals surface area contributed by atoms with Crippen molar-refractivity contribution in [2.75, 3.05) is 0 Å². The van der Waals surface area contributed by atoms with Gasteiger partial charge in [-0.25, -0.2) is 14.1 Å². The van der Waals surface area contributed by atoms with E-state index in [1.165, 1.54) is 12.1 Å². The normalized spacial score (nSPS) is 11.7. The van der Waals surface area contributed by atoms with Crippen molar-refractivity contribution >= 4 is 27.0 Å². The molecule has 0 aliphatic rings. The molecule has 5 nitrogen and oxygen atoms in total. The summed E-state index contributed by atoms with van der Waals surface area (Å²) in [7, 11) is 1.80. The van der Waals surface area contributed by atoms with E-state index in [9.17, 15) is 4.39 Å². The molecule has 3 rings (SSSR count). The summed E-state index contributed by atoms with van der Waals surface area (Å²) in [5.41, 5.74) is 2.29. The second-order valence-corrected chi connectivity index (χ2v) is 5.64. The highest BCUT2D eigenvalue weighted by molar-refractivity contribution is 9.10. The summed E-state index contributed by atoms with van der Waals surface area (Å²) in [4.78, 5) is 4.60. The fraction of sp³-hybridized carbons (Fsp3) is 0.308. The maximum Gasteiger partial charge on any atom is 0.162 e. The number of rotatable bonds is 2. The van der Waals surface area contributed by atoms with Gasteiger partial charge in [-0.2, -0.15) is 0 Å². The Bertz CT molecular complexity index is 770. The Balaban J connectivity index is 2.39. The van der Waals surface area contributed by atoms with Gasteiger partial charge in [-0.15, -0.1) is 5.10 Å². The molecule has 0 unspecified atom stereocenters. The van der Waals surface area contributed by atoms with Crippen LogP contribution in [0, 0.1) is 5.82 Å². The van der Waals surface area contributed by atoms with E-state index in [-0.39, 0.29) is 11.9 Å². The lowest BCUT2D eigenvalue weighted by Gasteiger charge is -2.13. The van der Waals surface area contributed by atoms with Crippen molar-refractivity contribution in [1.82, 2.24) is 24.5 Å². The van der Waals surface area contributed by atoms with Gasteiger partial charge in [0.15, 0.2) is 10.4 Å². The third-order valence-electron chi connectivity index (χ3n) is 3.17. The van der Waals surface area contributed by atoms with Crippen LogP contribution in [0.5, 0.6) is 0 Å². The lowest BCUT2D eigenvalue weighted by Crippen LogP contribution is -2.06. The van der Waals surface area contributed by atoms with Crippen LogP contribution in [0.4, 0.5) is 4.39 Å². The van der Waals surface area contributed by atoms with Crippen molar-refractivity contribution in [2.45, 2.75) is 19.9 Å². The summed E-state index contributed by atoms with van der Waals surface area (Å²) in [6.45, 7) is 4.07. The Hall–Kier alpha value is -1.76. The number of hydrogen-bond acceptors (Lipinski definition) is 3. The quantitative estimate of drug-likeness (QED) is 0.720. The van der Waals surface area contributed by atoms with Crippen molar-refractivity contribution < 1.29 is 4.39 Å². The maximum atomic E-state index is 13.5. The number of nitrogens with zero attached hydrogens (tertiary/aromatic N) is 5. The van der Waals surface area contributed by atoms with E-state index in [1.807, 2.05) is 18.4 Å². The van der Waals surface area contributed by atoms with Gasteiger partial charge in [0.2, 0.25) is 0 Å². The lowest BCUT2D eigenvalue weighted by molar-refractivity contribution is 0.609. The topological polar surface area (TPSA) is 48.5 Å². The number of aromatic nitrogens is 5. The highest BCUT2D eigenvalue weighted by Gasteiger charge is 2.21. The average molecular weight is 338 g/mol. The molecular weight excluding hydrogens is 325 g/mol. The molecule has 0 atom stereocenters. The first-order valence-electron chi connectivity index (χ1n) is 6.22. The molecule has 104 valence electrons. The first-order chi connectivity index (χ1) is 9.49. The molecular formula is C13H13BrFN5. The molecule has 1 aromatic carbocycles. The molecule has 0 N–H and O–H groups in total. The summed E-state index contributed by atoms with van der Waals surface area (Å²) < 4.78 is 17.8. The van der Waals surface area contributed by atoms with Crippen LogP contribution in [0.25, 0.3) is 22.6 Å². The summed E-state index contributed by atoms with van der Waals surface area (Å²) in [6, 6.07) is 4.74. The van der Waals surface area contributed by atoms with Crippen molar-refractivity contribution in [1.29, 1.82) is 0 Å². The monoisotopic (exact) mass is 337 g/mol. The number of halogens is 2. The second kappa shape index (κ2) is 4.66. The van der Waals surface area contributed by atoms with Gasteiger partial charge in [-0.3, -0.25) is 0 Å². The van der Waals surface area contributed by atoms with Gasteiger partial charge in [0, 0.05) is 13.1 Å². The van der Waals surface area contributed by atoms with Crippen LogP contribution >= 0.6 is 15.9 Å². The number of benzene rings is 1. The van der Waals surface area contributed by atoms with Crippen LogP contribution in [0.3, 0.4) is 0 Å². The number of aryl methyl sites for hydroxylation is 1. The zero-order valence-corrected chi connectivity index (χ0v) is 12.9. The van der Waals surface area contributed by atoms with Crippen molar-refractivity contribution in [3.63, 3.8) is 0 Å². The van der Waals surface area contributed by atoms with E-state index in [2.05, 4.69) is 31.2 Å². The number of imidazole rings is 1. The minimum Gasteiger partial charge on any atom is -0.320 e. The predicted octanol–water partition coefficient (Wildman–Crippen LogP) is 3.31. The molecule has 0 fully saturated rings. The van der Waals surface area contributed by atoms with Crippen molar-refractivity contribution in [2.24, 2.45) is 7.05 Å². The van der Waals surface area contributed by atoms with Crippen LogP contribution in [0.2, 0.25) is 0 Å². The summed E-state index contributed by atoms with van der Waals surface area (Å²) in [6.07, 6.45) is 0. The van der Waals surface area contributed by atoms with Crippen LogP contribution in [-0.2, 0) is 7.05 Å². The Labute approximate surface area is 123 Å². The fourth-order valence-electron chi connectivity index (χ4n) is 2.32. The highest BCUT2D eigenvalue weighted by Crippen LogP contribution is 2.31. The zero-order valence-electron chi connectivity index (χ0n) is 11.3. The molecule has 0 spiro atoms. The fourth-order valence-corrected chi connectivity index (χ4v) is 2.83. The van der Waals surface area contributed by atoms with Crippen LogP contribution < -0.4 is 0 Å². The van der Waals surface area contributed by atoms with Gasteiger partial charge in [0.05, 0.1) is 11.0 Å². The van der Waals surface area contributed by atoms with Gasteiger partial charge in [0.1, 0.15) is 11.5 Å². The molecule has 0 radical (unpaired) electrons. The van der Waals surface area contributed by atoms with E-state index in [1.54, 1.807) is 17.8 Å². The summed E-state index contributed by atoms with van der Waals surface area (Å²) >= 11 is 3.39. The molecule has 7 heteroatoms. The highest BCUT2D eigenvalue weighted by atomic mass is 79.9. The van der Waals surface area contributed by atoms with Gasteiger partial charge in [-0.1, -0.05) is 5.21 Å². The third kappa shape index (κ3) is 1.93. The Morgan fingerprint density at radius 1 is 1.30 bits per heavy atom. The molecule has 0 saturated carbocycles. The van der Waals surface area contributed by atoms with Crippen molar-refractivity contribution in [3.8, 4) is 11.5 Å². The smallest absolute Gasteiger partial charge is 0.162 e. The molecule has 0 saturated heterocycles. The Kier molecular flexibility index (Phi) is 3.08. The molecule has 0 aliphatic heterocycles. The molecule has 3 aromatic rings. The SMILES string of the molecule is CC(C)n1c(-c2c(Br)nnn2C)nc2ccc(F)cc21. The van der Waals surface area contributed by atoms with E-state index >= 15 is 0 Å². The number of fused-ring (bicyclic) bond motifs is 1. The van der Waals surface area contributed by atoms with Crippen LogP contribution in [0.15, 0.2) is 22.8 Å². The summed E-state index contributed by atoms with van der Waals surface area (Å²) in [5.74, 6) is 0.452. The van der Waals surface area contributed by atoms with Gasteiger partial charge >= 0.3 is 0 Å². The number of hydrogen-bond donors (Lipinski definition) is 0. The lowest BCUT2D eigenvalue weighted by atomic mass is 10.3. The second-order valence-electron chi connectivity index (χ2n) is 4.88. The van der Waals surface area contributed by atoms with Crippen LogP contribution in [-0.4, -0.2) is 24.5 Å². The molecule has 0 aliphatic carbocycles. The van der Waals surface area contributed by atoms with Gasteiger partial charge in [-0.05, 0) is 48.0 Å². The zero-order chi connectivity index (χ0) is 14.4. The average Bonchev–Trinajstić information content (AvgIpc) is 2.89. The van der Waals surface area contributed by atoms with E-state index in [4.69, 9.17) is 0 Å². The molecule has 0 amide bonds. The minimum atomic E-state index is -0.270. The standard InChI is InChI=1S/C13H13BrFN5/c1-7(2)20-10-6-8(15)4-5-9(10)16-13(20)11-12(14)17-18-19(11)3/h4-7H,1-3H3. The minimum absolute atomic E-state index is 0.138. The molecule has 0 bridgehead atoms. The third-order valence-corrected chi connectivity index (χ3v) is 3.70. The van der Waals surface area contributed by atoms with E-state index in [0.29, 0.717) is 4.60 Å². The Morgan fingerprint density at radius 3 is 2.65 bits per heavy atom. The van der Waals surface area contributed by atoms with E-state index < -0.39 is 0 Å². The summed E-state index contributed by atoms with van der Waals surface area (Å²) in [5, 5.41) is 7.96. The van der Waals surface area contributed by atoms with Crippen molar-refractivity contribution in [3.05, 3.63) is 28.6 Å². The van der Waals surface area contributed by atoms with Gasteiger partial charge < -0.3 is 4.57 Å². The molecule has 2 aromatic heterocycles. The molecule has 20 heavy (non-hydrogen) atoms. The molecule has 2 heterocycles. The van der Waals surface area contributed by atoms with Crippen LogP contribution in [0.1, 0.15) is 19.9 Å². The largest absolute Gasteiger partial charge is 0.320 e. The Morgan fingerprint density at radius 2 is 2.05 bits per heavy atom.